The number of benzene rings is 1. The number of hydrogen-bond acceptors (Lipinski definition) is 3. The van der Waals surface area contributed by atoms with Gasteiger partial charge in [0.25, 0.3) is 0 Å². The van der Waals surface area contributed by atoms with E-state index in [0.717, 1.165) is 6.54 Å². The average Bonchev–Trinajstić information content (AvgIpc) is 3.02. The second-order valence-electron chi connectivity index (χ2n) is 4.74. The van der Waals surface area contributed by atoms with Gasteiger partial charge >= 0.3 is 5.97 Å². The number of aromatic nitrogens is 4. The summed E-state index contributed by atoms with van der Waals surface area (Å²) in [6.45, 7) is 3.36. The maximum absolute atomic E-state index is 10.7. The standard InChI is InChI=1S/C14H14N4O2/c1-10-2-3-11-4-5-17(13(11)8-10)6-7-18-9-12(14(19)20)15-16-18/h2-5,8-9H,6-7H2,1H3,(H,19,20). The first-order chi connectivity index (χ1) is 9.63. The molecule has 0 aliphatic heterocycles. The van der Waals surface area contributed by atoms with Crippen molar-refractivity contribution in [1.29, 1.82) is 0 Å². The van der Waals surface area contributed by atoms with Gasteiger partial charge in [0.2, 0.25) is 0 Å². The van der Waals surface area contributed by atoms with Crippen molar-refractivity contribution >= 4 is 16.9 Å². The van der Waals surface area contributed by atoms with E-state index in [4.69, 9.17) is 5.11 Å². The van der Waals surface area contributed by atoms with Gasteiger partial charge in [-0.05, 0) is 30.0 Å². The Labute approximate surface area is 115 Å². The molecule has 0 radical (unpaired) electrons. The molecule has 0 fully saturated rings. The zero-order valence-electron chi connectivity index (χ0n) is 11.0. The fourth-order valence-electron chi connectivity index (χ4n) is 2.20. The first-order valence-corrected chi connectivity index (χ1v) is 6.32. The minimum atomic E-state index is -1.06. The largest absolute Gasteiger partial charge is 0.476 e. The number of hydrogen-bond donors (Lipinski definition) is 1. The molecule has 1 N–H and O–H groups in total. The van der Waals surface area contributed by atoms with Crippen LogP contribution in [0.3, 0.4) is 0 Å². The molecule has 0 amide bonds. The number of aromatic carboxylic acids is 1. The van der Waals surface area contributed by atoms with E-state index in [1.807, 2.05) is 6.20 Å². The maximum Gasteiger partial charge on any atom is 0.358 e. The summed E-state index contributed by atoms with van der Waals surface area (Å²) in [5.41, 5.74) is 2.35. The molecule has 102 valence electrons. The van der Waals surface area contributed by atoms with E-state index >= 15 is 0 Å². The van der Waals surface area contributed by atoms with Crippen molar-refractivity contribution in [3.63, 3.8) is 0 Å². The maximum atomic E-state index is 10.7. The summed E-state index contributed by atoms with van der Waals surface area (Å²) < 4.78 is 3.68. The SMILES string of the molecule is Cc1ccc2ccn(CCn3cc(C(=O)O)nn3)c2c1. The molecule has 6 heteroatoms. The summed E-state index contributed by atoms with van der Waals surface area (Å²) in [6, 6.07) is 8.39. The highest BCUT2D eigenvalue weighted by Gasteiger charge is 2.08. The summed E-state index contributed by atoms with van der Waals surface area (Å²) in [6.07, 6.45) is 3.47. The lowest BCUT2D eigenvalue weighted by atomic mass is 10.2. The molecule has 3 rings (SSSR count). The van der Waals surface area contributed by atoms with E-state index in [-0.39, 0.29) is 5.69 Å². The molecule has 0 aliphatic carbocycles. The van der Waals surface area contributed by atoms with Gasteiger partial charge in [-0.25, -0.2) is 9.48 Å². The zero-order chi connectivity index (χ0) is 14.1. The van der Waals surface area contributed by atoms with E-state index < -0.39 is 5.97 Å². The number of nitrogens with zero attached hydrogens (tertiary/aromatic N) is 4. The highest BCUT2D eigenvalue weighted by molar-refractivity contribution is 5.84. The van der Waals surface area contributed by atoms with Crippen molar-refractivity contribution < 1.29 is 9.90 Å². The third-order valence-corrected chi connectivity index (χ3v) is 3.26. The Bertz CT molecular complexity index is 772. The molecule has 6 nitrogen and oxygen atoms in total. The molecule has 3 aromatic rings. The first-order valence-electron chi connectivity index (χ1n) is 6.32. The molecule has 0 spiro atoms. The van der Waals surface area contributed by atoms with Crippen LogP contribution in [-0.2, 0) is 13.1 Å². The smallest absolute Gasteiger partial charge is 0.358 e. The molecule has 2 aromatic heterocycles. The van der Waals surface area contributed by atoms with Crippen LogP contribution in [0.15, 0.2) is 36.7 Å². The lowest BCUT2D eigenvalue weighted by Gasteiger charge is -2.05. The number of aryl methyl sites for hydroxylation is 3. The molecule has 2 heterocycles. The monoisotopic (exact) mass is 270 g/mol. The molecule has 0 bridgehead atoms. The fourth-order valence-corrected chi connectivity index (χ4v) is 2.20. The number of carbonyl (C=O) groups is 1. The van der Waals surface area contributed by atoms with Gasteiger partial charge in [-0.15, -0.1) is 5.10 Å². The Hall–Kier alpha value is -2.63. The summed E-state index contributed by atoms with van der Waals surface area (Å²) in [4.78, 5) is 10.7. The molecule has 0 saturated heterocycles. The van der Waals surface area contributed by atoms with Crippen LogP contribution in [0.5, 0.6) is 0 Å². The number of carboxylic acids is 1. The Balaban J connectivity index is 1.79. The molecule has 0 aliphatic rings. The van der Waals surface area contributed by atoms with Crippen molar-refractivity contribution in [2.75, 3.05) is 0 Å². The third-order valence-electron chi connectivity index (χ3n) is 3.26. The van der Waals surface area contributed by atoms with E-state index in [1.165, 1.54) is 22.7 Å². The predicted molar refractivity (Wildman–Crippen MR) is 73.7 cm³/mol. The fraction of sp³-hybridized carbons (Fsp3) is 0.214. The zero-order valence-corrected chi connectivity index (χ0v) is 11.0. The van der Waals surface area contributed by atoms with E-state index in [0.29, 0.717) is 6.54 Å². The first kappa shape index (κ1) is 12.4. The van der Waals surface area contributed by atoms with Crippen LogP contribution in [0.4, 0.5) is 0 Å². The van der Waals surface area contributed by atoms with Gasteiger partial charge in [-0.2, -0.15) is 0 Å². The Morgan fingerprint density at radius 1 is 1.30 bits per heavy atom. The van der Waals surface area contributed by atoms with Crippen molar-refractivity contribution in [1.82, 2.24) is 19.6 Å². The van der Waals surface area contributed by atoms with Crippen LogP contribution in [0.25, 0.3) is 10.9 Å². The highest BCUT2D eigenvalue weighted by atomic mass is 16.4. The van der Waals surface area contributed by atoms with E-state index in [1.54, 1.807) is 4.68 Å². The van der Waals surface area contributed by atoms with Crippen LogP contribution in [0.2, 0.25) is 0 Å². The molecule has 0 unspecified atom stereocenters. The van der Waals surface area contributed by atoms with Crippen molar-refractivity contribution in [3.05, 3.63) is 47.9 Å². The van der Waals surface area contributed by atoms with Crippen molar-refractivity contribution in [2.45, 2.75) is 20.0 Å². The van der Waals surface area contributed by atoms with Crippen molar-refractivity contribution in [3.8, 4) is 0 Å². The molecule has 20 heavy (non-hydrogen) atoms. The van der Waals surface area contributed by atoms with E-state index in [2.05, 4.69) is 46.1 Å². The topological polar surface area (TPSA) is 72.9 Å². The lowest BCUT2D eigenvalue weighted by Crippen LogP contribution is -2.07. The second-order valence-corrected chi connectivity index (χ2v) is 4.74. The van der Waals surface area contributed by atoms with Crippen LogP contribution in [0, 0.1) is 6.92 Å². The van der Waals surface area contributed by atoms with Gasteiger partial charge in [0.1, 0.15) is 0 Å². The predicted octanol–water partition coefficient (Wildman–Crippen LogP) is 1.94. The van der Waals surface area contributed by atoms with Gasteiger partial charge in [-0.3, -0.25) is 0 Å². The van der Waals surface area contributed by atoms with Crippen LogP contribution >= 0.6 is 0 Å². The Morgan fingerprint density at radius 3 is 2.90 bits per heavy atom. The highest BCUT2D eigenvalue weighted by Crippen LogP contribution is 2.17. The summed E-state index contributed by atoms with van der Waals surface area (Å²) in [7, 11) is 0. The summed E-state index contributed by atoms with van der Waals surface area (Å²) in [5.74, 6) is -1.06. The number of carboxylic acid groups (broad SMARTS) is 1. The minimum absolute atomic E-state index is 0.0294. The number of rotatable bonds is 4. The molecular weight excluding hydrogens is 256 g/mol. The summed E-state index contributed by atoms with van der Waals surface area (Å²) in [5, 5.41) is 17.4. The molecule has 0 atom stereocenters. The minimum Gasteiger partial charge on any atom is -0.476 e. The van der Waals surface area contributed by atoms with Gasteiger partial charge in [0, 0.05) is 18.3 Å². The van der Waals surface area contributed by atoms with Gasteiger partial charge in [0.05, 0.1) is 12.7 Å². The normalized spacial score (nSPS) is 11.1. The summed E-state index contributed by atoms with van der Waals surface area (Å²) >= 11 is 0. The average molecular weight is 270 g/mol. The van der Waals surface area contributed by atoms with Gasteiger partial charge in [0.15, 0.2) is 5.69 Å². The van der Waals surface area contributed by atoms with E-state index in [9.17, 15) is 4.79 Å². The molecule has 1 aromatic carbocycles. The van der Waals surface area contributed by atoms with Gasteiger partial charge in [-0.1, -0.05) is 17.3 Å². The quantitative estimate of drug-likeness (QED) is 0.786. The Morgan fingerprint density at radius 2 is 2.15 bits per heavy atom. The van der Waals surface area contributed by atoms with Crippen molar-refractivity contribution in [2.24, 2.45) is 0 Å². The van der Waals surface area contributed by atoms with Crippen LogP contribution in [-0.4, -0.2) is 30.6 Å². The lowest BCUT2D eigenvalue weighted by molar-refractivity contribution is 0.0690. The molecular formula is C14H14N4O2. The van der Waals surface area contributed by atoms with Crippen LogP contribution < -0.4 is 0 Å². The third kappa shape index (κ3) is 2.27. The Kier molecular flexibility index (Phi) is 2.98. The number of fused-ring (bicyclic) bond motifs is 1. The molecule has 0 saturated carbocycles. The van der Waals surface area contributed by atoms with Gasteiger partial charge < -0.3 is 9.67 Å². The van der Waals surface area contributed by atoms with Crippen LogP contribution in [0.1, 0.15) is 16.1 Å². The second kappa shape index (κ2) is 4.80.